The second-order valence-corrected chi connectivity index (χ2v) is 3.86. The Balaban J connectivity index is 2.15. The predicted molar refractivity (Wildman–Crippen MR) is 69.4 cm³/mol. The molecule has 5 heteroatoms. The number of rotatable bonds is 2. The van der Waals surface area contributed by atoms with Crippen molar-refractivity contribution in [3.8, 4) is 17.0 Å². The third-order valence-electron chi connectivity index (χ3n) is 2.80. The van der Waals surface area contributed by atoms with Gasteiger partial charge in [0.25, 0.3) is 0 Å². The van der Waals surface area contributed by atoms with Crippen LogP contribution in [0.3, 0.4) is 0 Å². The molecule has 3 aromatic rings. The quantitative estimate of drug-likeness (QED) is 0.744. The first-order valence-corrected chi connectivity index (χ1v) is 5.52. The van der Waals surface area contributed by atoms with Crippen LogP contribution in [0.5, 0.6) is 5.75 Å². The van der Waals surface area contributed by atoms with Crippen molar-refractivity contribution in [3.63, 3.8) is 0 Å². The van der Waals surface area contributed by atoms with Gasteiger partial charge in [-0.2, -0.15) is 0 Å². The molecule has 2 aromatic heterocycles. The summed E-state index contributed by atoms with van der Waals surface area (Å²) in [6.07, 6.45) is 3.54. The SMILES string of the molecule is COc1ccc(-c2nc3ncccn3c2N)cc1. The predicted octanol–water partition coefficient (Wildman–Crippen LogP) is 1.99. The monoisotopic (exact) mass is 240 g/mol. The summed E-state index contributed by atoms with van der Waals surface area (Å²) >= 11 is 0. The number of anilines is 1. The van der Waals surface area contributed by atoms with Crippen LogP contribution in [0.15, 0.2) is 42.7 Å². The minimum absolute atomic E-state index is 0.586. The number of nitrogens with two attached hydrogens (primary N) is 1. The molecule has 0 amide bonds. The van der Waals surface area contributed by atoms with Gasteiger partial charge in [0, 0.05) is 18.0 Å². The zero-order valence-electron chi connectivity index (χ0n) is 9.87. The van der Waals surface area contributed by atoms with Crippen molar-refractivity contribution in [2.24, 2.45) is 0 Å². The van der Waals surface area contributed by atoms with E-state index in [4.69, 9.17) is 10.5 Å². The number of fused-ring (bicyclic) bond motifs is 1. The molecule has 2 N–H and O–H groups in total. The highest BCUT2D eigenvalue weighted by Crippen LogP contribution is 2.27. The van der Waals surface area contributed by atoms with Gasteiger partial charge in [-0.15, -0.1) is 0 Å². The summed E-state index contributed by atoms with van der Waals surface area (Å²) in [4.78, 5) is 8.59. The topological polar surface area (TPSA) is 65.4 Å². The third kappa shape index (κ3) is 1.57. The fraction of sp³-hybridized carbons (Fsp3) is 0.0769. The van der Waals surface area contributed by atoms with E-state index in [0.717, 1.165) is 17.0 Å². The first-order chi connectivity index (χ1) is 8.79. The minimum atomic E-state index is 0.586. The van der Waals surface area contributed by atoms with Crippen LogP contribution in [0.2, 0.25) is 0 Å². The van der Waals surface area contributed by atoms with Gasteiger partial charge in [-0.1, -0.05) is 0 Å². The van der Waals surface area contributed by atoms with E-state index >= 15 is 0 Å². The highest BCUT2D eigenvalue weighted by molar-refractivity contribution is 5.74. The molecule has 5 nitrogen and oxygen atoms in total. The molecule has 3 rings (SSSR count). The maximum Gasteiger partial charge on any atom is 0.235 e. The highest BCUT2D eigenvalue weighted by atomic mass is 16.5. The van der Waals surface area contributed by atoms with Crippen LogP contribution in [0.4, 0.5) is 5.82 Å². The van der Waals surface area contributed by atoms with Crippen LogP contribution in [-0.2, 0) is 0 Å². The summed E-state index contributed by atoms with van der Waals surface area (Å²) in [7, 11) is 1.64. The van der Waals surface area contributed by atoms with E-state index in [9.17, 15) is 0 Å². The number of hydrogen-bond donors (Lipinski definition) is 1. The Morgan fingerprint density at radius 2 is 2.00 bits per heavy atom. The Hall–Kier alpha value is -2.56. The molecule has 0 saturated heterocycles. The standard InChI is InChI=1S/C13H12N4O/c1-18-10-5-3-9(4-6-10)11-12(14)17-8-2-7-15-13(17)16-11/h2-8H,14H2,1H3. The summed E-state index contributed by atoms with van der Waals surface area (Å²) in [6.45, 7) is 0. The van der Waals surface area contributed by atoms with E-state index in [1.165, 1.54) is 0 Å². The number of aromatic nitrogens is 3. The van der Waals surface area contributed by atoms with E-state index in [2.05, 4.69) is 9.97 Å². The van der Waals surface area contributed by atoms with Gasteiger partial charge in [-0.25, -0.2) is 9.97 Å². The molecule has 0 unspecified atom stereocenters. The second-order valence-electron chi connectivity index (χ2n) is 3.86. The fourth-order valence-corrected chi connectivity index (χ4v) is 1.87. The number of ether oxygens (including phenoxy) is 1. The van der Waals surface area contributed by atoms with Crippen LogP contribution in [-0.4, -0.2) is 21.5 Å². The van der Waals surface area contributed by atoms with Gasteiger partial charge in [-0.05, 0) is 30.3 Å². The summed E-state index contributed by atoms with van der Waals surface area (Å²) < 4.78 is 6.89. The molecule has 0 bridgehead atoms. The molecular formula is C13H12N4O. The number of methoxy groups -OCH3 is 1. The molecule has 0 radical (unpaired) electrons. The normalized spacial score (nSPS) is 10.7. The van der Waals surface area contributed by atoms with Crippen molar-refractivity contribution < 1.29 is 4.74 Å². The lowest BCUT2D eigenvalue weighted by atomic mass is 10.1. The summed E-state index contributed by atoms with van der Waals surface area (Å²) in [5, 5.41) is 0. The number of benzene rings is 1. The van der Waals surface area contributed by atoms with Gasteiger partial charge in [0.05, 0.1) is 7.11 Å². The zero-order chi connectivity index (χ0) is 12.5. The lowest BCUT2D eigenvalue weighted by molar-refractivity contribution is 0.415. The first kappa shape index (κ1) is 10.6. The van der Waals surface area contributed by atoms with E-state index in [0.29, 0.717) is 11.6 Å². The smallest absolute Gasteiger partial charge is 0.235 e. The number of nitrogen functional groups attached to an aromatic ring is 1. The molecule has 0 aliphatic rings. The van der Waals surface area contributed by atoms with Crippen molar-refractivity contribution in [3.05, 3.63) is 42.7 Å². The van der Waals surface area contributed by atoms with Gasteiger partial charge in [0.2, 0.25) is 5.78 Å². The van der Waals surface area contributed by atoms with Gasteiger partial charge < -0.3 is 10.5 Å². The molecule has 1 aromatic carbocycles. The van der Waals surface area contributed by atoms with Gasteiger partial charge in [0.1, 0.15) is 17.3 Å². The van der Waals surface area contributed by atoms with Crippen LogP contribution >= 0.6 is 0 Å². The molecule has 0 aliphatic carbocycles. The molecule has 2 heterocycles. The maximum atomic E-state index is 6.07. The van der Waals surface area contributed by atoms with Crippen LogP contribution < -0.4 is 10.5 Å². The Kier molecular flexibility index (Phi) is 2.37. The van der Waals surface area contributed by atoms with Crippen molar-refractivity contribution in [2.75, 3.05) is 12.8 Å². The molecule has 0 aliphatic heterocycles. The van der Waals surface area contributed by atoms with Crippen molar-refractivity contribution in [1.29, 1.82) is 0 Å². The summed E-state index contributed by atoms with van der Waals surface area (Å²) in [6, 6.07) is 9.44. The third-order valence-corrected chi connectivity index (χ3v) is 2.80. The molecule has 0 atom stereocenters. The van der Waals surface area contributed by atoms with E-state index in [1.54, 1.807) is 17.7 Å². The maximum absolute atomic E-state index is 6.07. The van der Waals surface area contributed by atoms with E-state index in [-0.39, 0.29) is 0 Å². The molecule has 0 spiro atoms. The zero-order valence-corrected chi connectivity index (χ0v) is 9.87. The van der Waals surface area contributed by atoms with Crippen LogP contribution in [0.1, 0.15) is 0 Å². The Bertz CT molecular complexity index is 688. The largest absolute Gasteiger partial charge is 0.497 e. The number of imidazole rings is 1. The molecular weight excluding hydrogens is 228 g/mol. The van der Waals surface area contributed by atoms with Crippen LogP contribution in [0.25, 0.3) is 17.0 Å². The lowest BCUT2D eigenvalue weighted by Gasteiger charge is -2.01. The van der Waals surface area contributed by atoms with Crippen molar-refractivity contribution >= 4 is 11.6 Å². The van der Waals surface area contributed by atoms with Crippen molar-refractivity contribution in [1.82, 2.24) is 14.4 Å². The number of nitrogens with zero attached hydrogens (tertiary/aromatic N) is 3. The minimum Gasteiger partial charge on any atom is -0.497 e. The summed E-state index contributed by atoms with van der Waals surface area (Å²) in [5.41, 5.74) is 7.75. The Morgan fingerprint density at radius 1 is 1.22 bits per heavy atom. The van der Waals surface area contributed by atoms with E-state index in [1.807, 2.05) is 36.5 Å². The Morgan fingerprint density at radius 3 is 2.67 bits per heavy atom. The highest BCUT2D eigenvalue weighted by Gasteiger charge is 2.11. The van der Waals surface area contributed by atoms with Gasteiger partial charge in [0.15, 0.2) is 0 Å². The number of hydrogen-bond acceptors (Lipinski definition) is 4. The van der Waals surface area contributed by atoms with Gasteiger partial charge >= 0.3 is 0 Å². The summed E-state index contributed by atoms with van der Waals surface area (Å²) in [5.74, 6) is 1.99. The molecule has 90 valence electrons. The van der Waals surface area contributed by atoms with Crippen LogP contribution in [0, 0.1) is 0 Å². The Labute approximate surface area is 104 Å². The lowest BCUT2D eigenvalue weighted by Crippen LogP contribution is -1.94. The molecule has 0 fully saturated rings. The average molecular weight is 240 g/mol. The molecule has 0 saturated carbocycles. The molecule has 18 heavy (non-hydrogen) atoms. The first-order valence-electron chi connectivity index (χ1n) is 5.52. The second kappa shape index (κ2) is 4.03. The van der Waals surface area contributed by atoms with E-state index < -0.39 is 0 Å². The van der Waals surface area contributed by atoms with Gasteiger partial charge in [-0.3, -0.25) is 4.40 Å². The average Bonchev–Trinajstić information content (AvgIpc) is 2.77. The fourth-order valence-electron chi connectivity index (χ4n) is 1.87. The van der Waals surface area contributed by atoms with Crippen molar-refractivity contribution in [2.45, 2.75) is 0 Å².